The molecule has 1 heterocycles. The van der Waals surface area contributed by atoms with Crippen molar-refractivity contribution in [2.24, 2.45) is 5.92 Å². The van der Waals surface area contributed by atoms with Crippen molar-refractivity contribution in [3.63, 3.8) is 0 Å². The number of halogens is 2. The fourth-order valence-corrected chi connectivity index (χ4v) is 3.38. The number of aryl methyl sites for hydroxylation is 1. The number of amides is 1. The first kappa shape index (κ1) is 21.0. The summed E-state index contributed by atoms with van der Waals surface area (Å²) in [7, 11) is 0. The van der Waals surface area contributed by atoms with Crippen LogP contribution in [0, 0.1) is 17.6 Å². The highest BCUT2D eigenvalue weighted by Gasteiger charge is 2.21. The molecule has 1 aromatic heterocycles. The largest absolute Gasteiger partial charge is 0.331 e. The molecule has 0 aliphatic heterocycles. The highest BCUT2D eigenvalue weighted by Crippen LogP contribution is 2.21. The fraction of sp³-hybridized carbons (Fsp3) is 0.391. The molecule has 2 aromatic carbocycles. The van der Waals surface area contributed by atoms with Gasteiger partial charge in [0, 0.05) is 18.7 Å². The summed E-state index contributed by atoms with van der Waals surface area (Å²) in [6, 6.07) is 10.3. The number of aromatic nitrogens is 2. The molecule has 29 heavy (non-hydrogen) atoms. The molecule has 4 nitrogen and oxygen atoms in total. The van der Waals surface area contributed by atoms with Gasteiger partial charge >= 0.3 is 0 Å². The minimum atomic E-state index is -0.437. The second-order valence-electron chi connectivity index (χ2n) is 7.73. The van der Waals surface area contributed by atoms with Crippen molar-refractivity contribution in [3.8, 4) is 0 Å². The summed E-state index contributed by atoms with van der Waals surface area (Å²) in [5.74, 6) is 0.149. The van der Waals surface area contributed by atoms with Gasteiger partial charge in [-0.3, -0.25) is 4.79 Å². The van der Waals surface area contributed by atoms with Crippen molar-refractivity contribution in [1.82, 2.24) is 14.5 Å². The predicted octanol–water partition coefficient (Wildman–Crippen LogP) is 5.41. The monoisotopic (exact) mass is 399 g/mol. The van der Waals surface area contributed by atoms with E-state index in [1.165, 1.54) is 30.3 Å². The lowest BCUT2D eigenvalue weighted by Crippen LogP contribution is -2.33. The highest BCUT2D eigenvalue weighted by atomic mass is 19.1. The van der Waals surface area contributed by atoms with Gasteiger partial charge in [-0.25, -0.2) is 13.8 Å². The van der Waals surface area contributed by atoms with E-state index in [4.69, 9.17) is 0 Å². The quantitative estimate of drug-likeness (QED) is 0.508. The lowest BCUT2D eigenvalue weighted by molar-refractivity contribution is 0.0729. The van der Waals surface area contributed by atoms with Gasteiger partial charge in [-0.1, -0.05) is 26.8 Å². The Hall–Kier alpha value is -2.76. The topological polar surface area (TPSA) is 38.1 Å². The van der Waals surface area contributed by atoms with Crippen molar-refractivity contribution < 1.29 is 13.6 Å². The van der Waals surface area contributed by atoms with Crippen LogP contribution in [0.15, 0.2) is 42.5 Å². The van der Waals surface area contributed by atoms with Gasteiger partial charge in [0.05, 0.1) is 17.6 Å². The Bertz CT molecular complexity index is 997. The maximum Gasteiger partial charge on any atom is 0.254 e. The molecule has 3 aromatic rings. The van der Waals surface area contributed by atoms with Crippen molar-refractivity contribution in [3.05, 3.63) is 65.5 Å². The first-order valence-electron chi connectivity index (χ1n) is 10.1. The van der Waals surface area contributed by atoms with E-state index < -0.39 is 5.82 Å². The van der Waals surface area contributed by atoms with Crippen LogP contribution in [0.25, 0.3) is 11.0 Å². The Morgan fingerprint density at radius 2 is 1.90 bits per heavy atom. The molecule has 0 bridgehead atoms. The normalized spacial score (nSPS) is 11.4. The third kappa shape index (κ3) is 5.00. The molecular formula is C23H27F2N3O. The zero-order valence-electron chi connectivity index (χ0n) is 17.2. The molecule has 0 spiro atoms. The third-order valence-electron chi connectivity index (χ3n) is 4.90. The van der Waals surface area contributed by atoms with Gasteiger partial charge in [0.2, 0.25) is 0 Å². The van der Waals surface area contributed by atoms with Gasteiger partial charge in [-0.15, -0.1) is 0 Å². The third-order valence-corrected chi connectivity index (χ3v) is 4.90. The Labute approximate surface area is 170 Å². The van der Waals surface area contributed by atoms with E-state index in [1.54, 1.807) is 17.0 Å². The van der Waals surface area contributed by atoms with Gasteiger partial charge in [0.15, 0.2) is 0 Å². The van der Waals surface area contributed by atoms with Crippen LogP contribution in [-0.4, -0.2) is 26.9 Å². The molecule has 0 unspecified atom stereocenters. The molecule has 1 amide bonds. The molecule has 0 aliphatic carbocycles. The highest BCUT2D eigenvalue weighted by molar-refractivity contribution is 5.94. The van der Waals surface area contributed by atoms with Crippen molar-refractivity contribution in [2.45, 2.75) is 46.7 Å². The SMILES string of the molecule is CCCn1c(CN(CCC(C)C)C(=O)c2cccc(F)c2)nc2ccc(F)cc21. The molecule has 6 heteroatoms. The average Bonchev–Trinajstić information content (AvgIpc) is 3.01. The van der Waals surface area contributed by atoms with Crippen molar-refractivity contribution in [1.29, 1.82) is 0 Å². The molecule has 0 saturated carbocycles. The van der Waals surface area contributed by atoms with Gasteiger partial charge in [-0.05, 0) is 55.2 Å². The number of fused-ring (bicyclic) bond motifs is 1. The lowest BCUT2D eigenvalue weighted by Gasteiger charge is -2.24. The molecule has 154 valence electrons. The van der Waals surface area contributed by atoms with Crippen molar-refractivity contribution >= 4 is 16.9 Å². The van der Waals surface area contributed by atoms with Crippen LogP contribution in [0.4, 0.5) is 8.78 Å². The van der Waals surface area contributed by atoms with Gasteiger partial charge in [0.25, 0.3) is 5.91 Å². The van der Waals surface area contributed by atoms with E-state index in [0.717, 1.165) is 18.4 Å². The second kappa shape index (κ2) is 9.16. The van der Waals surface area contributed by atoms with Crippen LogP contribution in [0.5, 0.6) is 0 Å². The Kier molecular flexibility index (Phi) is 6.62. The molecule has 0 atom stereocenters. The van der Waals surface area contributed by atoms with Crippen LogP contribution in [-0.2, 0) is 13.1 Å². The van der Waals surface area contributed by atoms with Crippen LogP contribution in [0.1, 0.15) is 49.8 Å². The minimum Gasteiger partial charge on any atom is -0.331 e. The fourth-order valence-electron chi connectivity index (χ4n) is 3.38. The minimum absolute atomic E-state index is 0.230. The van der Waals surface area contributed by atoms with Crippen LogP contribution >= 0.6 is 0 Å². The summed E-state index contributed by atoms with van der Waals surface area (Å²) < 4.78 is 29.4. The Balaban J connectivity index is 1.96. The van der Waals surface area contributed by atoms with E-state index in [-0.39, 0.29) is 11.7 Å². The second-order valence-corrected chi connectivity index (χ2v) is 7.73. The summed E-state index contributed by atoms with van der Waals surface area (Å²) in [6.07, 6.45) is 1.68. The molecule has 0 radical (unpaired) electrons. The van der Waals surface area contributed by atoms with Gasteiger partial charge < -0.3 is 9.47 Å². The number of hydrogen-bond donors (Lipinski definition) is 0. The van der Waals surface area contributed by atoms with E-state index in [2.05, 4.69) is 18.8 Å². The first-order valence-corrected chi connectivity index (χ1v) is 10.1. The maximum absolute atomic E-state index is 13.8. The number of benzene rings is 2. The zero-order valence-corrected chi connectivity index (χ0v) is 17.2. The number of imidazole rings is 1. The van der Waals surface area contributed by atoms with Crippen molar-refractivity contribution in [2.75, 3.05) is 6.54 Å². The Morgan fingerprint density at radius 1 is 1.14 bits per heavy atom. The standard InChI is InChI=1S/C23H27F2N3O/c1-4-11-28-21-14-19(25)8-9-20(21)26-22(28)15-27(12-10-16(2)3)23(29)17-6-5-7-18(24)13-17/h5-9,13-14,16H,4,10-12,15H2,1-3H3. The van der Waals surface area contributed by atoms with Crippen LogP contribution < -0.4 is 0 Å². The molecule has 0 N–H and O–H groups in total. The number of carbonyl (C=O) groups is 1. The van der Waals surface area contributed by atoms with Gasteiger partial charge in [0.1, 0.15) is 17.5 Å². The summed E-state index contributed by atoms with van der Waals surface area (Å²) in [5, 5.41) is 0. The van der Waals surface area contributed by atoms with Crippen LogP contribution in [0.2, 0.25) is 0 Å². The molecular weight excluding hydrogens is 372 g/mol. The van der Waals surface area contributed by atoms with E-state index in [1.807, 2.05) is 11.5 Å². The maximum atomic E-state index is 13.8. The average molecular weight is 399 g/mol. The lowest BCUT2D eigenvalue weighted by atomic mass is 10.1. The number of hydrogen-bond acceptors (Lipinski definition) is 2. The summed E-state index contributed by atoms with van der Waals surface area (Å²) >= 11 is 0. The van der Waals surface area contributed by atoms with Crippen LogP contribution in [0.3, 0.4) is 0 Å². The predicted molar refractivity (Wildman–Crippen MR) is 111 cm³/mol. The zero-order chi connectivity index (χ0) is 21.0. The molecule has 3 rings (SSSR count). The number of carbonyl (C=O) groups excluding carboxylic acids is 1. The Morgan fingerprint density at radius 3 is 2.59 bits per heavy atom. The van der Waals surface area contributed by atoms with E-state index in [0.29, 0.717) is 42.5 Å². The summed E-state index contributed by atoms with van der Waals surface area (Å²) in [6.45, 7) is 7.75. The number of nitrogens with zero attached hydrogens (tertiary/aromatic N) is 3. The molecule has 0 fully saturated rings. The smallest absolute Gasteiger partial charge is 0.254 e. The van der Waals surface area contributed by atoms with E-state index in [9.17, 15) is 13.6 Å². The summed E-state index contributed by atoms with van der Waals surface area (Å²) in [4.78, 5) is 19.5. The van der Waals surface area contributed by atoms with E-state index >= 15 is 0 Å². The molecule has 0 saturated heterocycles. The number of rotatable bonds is 8. The summed E-state index contributed by atoms with van der Waals surface area (Å²) in [5.41, 5.74) is 1.75. The van der Waals surface area contributed by atoms with Gasteiger partial charge in [-0.2, -0.15) is 0 Å². The molecule has 0 aliphatic rings. The first-order chi connectivity index (χ1) is 13.9.